The van der Waals surface area contributed by atoms with Gasteiger partial charge in [-0.3, -0.25) is 10.1 Å². The quantitative estimate of drug-likeness (QED) is 0.646. The summed E-state index contributed by atoms with van der Waals surface area (Å²) in [6.07, 6.45) is 3.49. The number of halogens is 1. The first-order chi connectivity index (χ1) is 8.08. The zero-order chi connectivity index (χ0) is 12.4. The van der Waals surface area contributed by atoms with Crippen molar-refractivity contribution in [1.82, 2.24) is 9.55 Å². The molecule has 1 aromatic carbocycles. The summed E-state index contributed by atoms with van der Waals surface area (Å²) in [4.78, 5) is 14.7. The molecule has 0 bridgehead atoms. The number of aryl methyl sites for hydroxylation is 1. The fraction of sp³-hybridized carbons (Fsp3) is 0.182. The van der Waals surface area contributed by atoms with Gasteiger partial charge in [0, 0.05) is 28.5 Å². The van der Waals surface area contributed by atoms with Crippen LogP contribution in [0.5, 0.6) is 0 Å². The predicted octanol–water partition coefficient (Wildman–Crippen LogP) is 2.91. The van der Waals surface area contributed by atoms with Crippen molar-refractivity contribution in [1.29, 1.82) is 0 Å². The molecule has 1 aromatic heterocycles. The topological polar surface area (TPSA) is 61.0 Å². The van der Waals surface area contributed by atoms with Gasteiger partial charge in [-0.2, -0.15) is 0 Å². The smallest absolute Gasteiger partial charge is 0.275 e. The lowest BCUT2D eigenvalue weighted by Gasteiger charge is -2.06. The van der Waals surface area contributed by atoms with E-state index >= 15 is 0 Å². The highest BCUT2D eigenvalue weighted by molar-refractivity contribution is 9.10. The number of nitro benzene ring substituents is 1. The number of benzene rings is 1. The van der Waals surface area contributed by atoms with Crippen LogP contribution in [0, 0.1) is 17.0 Å². The van der Waals surface area contributed by atoms with E-state index in [1.807, 2.05) is 11.5 Å². The van der Waals surface area contributed by atoms with E-state index in [0.29, 0.717) is 16.6 Å². The molecule has 0 atom stereocenters. The zero-order valence-electron chi connectivity index (χ0n) is 9.13. The van der Waals surface area contributed by atoms with E-state index in [9.17, 15) is 10.1 Å². The molecule has 0 spiro atoms. The number of rotatable bonds is 3. The Morgan fingerprint density at radius 1 is 1.53 bits per heavy atom. The third-order valence-electron chi connectivity index (χ3n) is 2.51. The average molecular weight is 296 g/mol. The van der Waals surface area contributed by atoms with Crippen molar-refractivity contribution < 1.29 is 4.92 Å². The first-order valence-electron chi connectivity index (χ1n) is 4.98. The maximum absolute atomic E-state index is 10.9. The molecule has 0 radical (unpaired) electrons. The van der Waals surface area contributed by atoms with Gasteiger partial charge in [0.1, 0.15) is 5.82 Å². The van der Waals surface area contributed by atoms with Crippen molar-refractivity contribution >= 4 is 21.6 Å². The van der Waals surface area contributed by atoms with Crippen molar-refractivity contribution in [3.05, 3.63) is 56.6 Å². The highest BCUT2D eigenvalue weighted by atomic mass is 79.9. The Labute approximate surface area is 106 Å². The van der Waals surface area contributed by atoms with E-state index in [1.54, 1.807) is 24.5 Å². The minimum absolute atomic E-state index is 0.118. The van der Waals surface area contributed by atoms with Gasteiger partial charge >= 0.3 is 0 Å². The second-order valence-electron chi connectivity index (χ2n) is 3.63. The number of nitro groups is 1. The summed E-state index contributed by atoms with van der Waals surface area (Å²) in [5.41, 5.74) is 0.784. The van der Waals surface area contributed by atoms with Gasteiger partial charge in [-0.1, -0.05) is 15.9 Å². The summed E-state index contributed by atoms with van der Waals surface area (Å²) in [6.45, 7) is 2.32. The predicted molar refractivity (Wildman–Crippen MR) is 66.9 cm³/mol. The van der Waals surface area contributed by atoms with Crippen LogP contribution in [0.15, 0.2) is 35.1 Å². The largest absolute Gasteiger partial charge is 0.330 e. The van der Waals surface area contributed by atoms with E-state index in [2.05, 4.69) is 20.9 Å². The highest BCUT2D eigenvalue weighted by Gasteiger charge is 2.14. The molecule has 1 heterocycles. The molecule has 0 aliphatic carbocycles. The molecule has 0 fully saturated rings. The van der Waals surface area contributed by atoms with Crippen LogP contribution in [-0.2, 0) is 6.54 Å². The summed E-state index contributed by atoms with van der Waals surface area (Å²) < 4.78 is 2.58. The Kier molecular flexibility index (Phi) is 3.23. The van der Waals surface area contributed by atoms with E-state index < -0.39 is 0 Å². The maximum atomic E-state index is 10.9. The van der Waals surface area contributed by atoms with Gasteiger partial charge in [0.25, 0.3) is 5.69 Å². The Morgan fingerprint density at radius 3 is 2.88 bits per heavy atom. The zero-order valence-corrected chi connectivity index (χ0v) is 10.7. The average Bonchev–Trinajstić information content (AvgIpc) is 2.67. The first-order valence-corrected chi connectivity index (χ1v) is 5.78. The van der Waals surface area contributed by atoms with Crippen LogP contribution in [0.2, 0.25) is 0 Å². The summed E-state index contributed by atoms with van der Waals surface area (Å²) in [6, 6.07) is 5.07. The van der Waals surface area contributed by atoms with Crippen molar-refractivity contribution in [3.63, 3.8) is 0 Å². The van der Waals surface area contributed by atoms with Crippen molar-refractivity contribution in [2.75, 3.05) is 0 Å². The molecule has 0 N–H and O–H groups in total. The lowest BCUT2D eigenvalue weighted by atomic mass is 10.2. The molecule has 0 aliphatic heterocycles. The van der Waals surface area contributed by atoms with Gasteiger partial charge in [0.2, 0.25) is 0 Å². The van der Waals surface area contributed by atoms with Crippen LogP contribution in [0.1, 0.15) is 11.4 Å². The normalized spacial score (nSPS) is 10.5. The van der Waals surface area contributed by atoms with Crippen molar-refractivity contribution in [3.8, 4) is 0 Å². The SMILES string of the molecule is Cc1nccn1Cc1ccc(Br)cc1[N+](=O)[O-]. The van der Waals surface area contributed by atoms with Crippen molar-refractivity contribution in [2.45, 2.75) is 13.5 Å². The summed E-state index contributed by atoms with van der Waals surface area (Å²) >= 11 is 3.23. The monoisotopic (exact) mass is 295 g/mol. The van der Waals surface area contributed by atoms with Gasteiger partial charge in [0.15, 0.2) is 0 Å². The molecule has 88 valence electrons. The third kappa shape index (κ3) is 2.52. The van der Waals surface area contributed by atoms with Crippen LogP contribution >= 0.6 is 15.9 Å². The Bertz CT molecular complexity index is 566. The number of hydrogen-bond donors (Lipinski definition) is 0. The Morgan fingerprint density at radius 2 is 2.29 bits per heavy atom. The molecule has 5 nitrogen and oxygen atoms in total. The standard InChI is InChI=1S/C11H10BrN3O2/c1-8-13-4-5-14(8)7-9-2-3-10(12)6-11(9)15(16)17/h2-6H,7H2,1H3. The van der Waals surface area contributed by atoms with E-state index in [1.165, 1.54) is 6.07 Å². The highest BCUT2D eigenvalue weighted by Crippen LogP contribution is 2.24. The van der Waals surface area contributed by atoms with Gasteiger partial charge in [-0.25, -0.2) is 4.98 Å². The van der Waals surface area contributed by atoms with Gasteiger partial charge in [-0.05, 0) is 19.1 Å². The second kappa shape index (κ2) is 4.67. The molecule has 0 saturated carbocycles. The fourth-order valence-electron chi connectivity index (χ4n) is 1.60. The summed E-state index contributed by atoms with van der Waals surface area (Å²) in [7, 11) is 0. The maximum Gasteiger partial charge on any atom is 0.275 e. The molecule has 0 saturated heterocycles. The lowest BCUT2D eigenvalue weighted by Crippen LogP contribution is -2.04. The summed E-state index contributed by atoms with van der Waals surface area (Å²) in [5.74, 6) is 0.835. The number of nitrogens with zero attached hydrogens (tertiary/aromatic N) is 3. The van der Waals surface area contributed by atoms with Crippen LogP contribution < -0.4 is 0 Å². The minimum atomic E-state index is -0.369. The fourth-order valence-corrected chi connectivity index (χ4v) is 1.94. The lowest BCUT2D eigenvalue weighted by molar-refractivity contribution is -0.385. The van der Waals surface area contributed by atoms with E-state index in [-0.39, 0.29) is 10.6 Å². The molecular formula is C11H10BrN3O2. The Balaban J connectivity index is 2.39. The van der Waals surface area contributed by atoms with E-state index in [4.69, 9.17) is 0 Å². The van der Waals surface area contributed by atoms with Crippen LogP contribution in [0.4, 0.5) is 5.69 Å². The molecular weight excluding hydrogens is 286 g/mol. The van der Waals surface area contributed by atoms with Crippen LogP contribution in [-0.4, -0.2) is 14.5 Å². The molecule has 2 aromatic rings. The summed E-state index contributed by atoms with van der Waals surface area (Å²) in [5, 5.41) is 10.9. The molecule has 6 heteroatoms. The van der Waals surface area contributed by atoms with Gasteiger partial charge in [0.05, 0.1) is 11.5 Å². The molecule has 0 amide bonds. The minimum Gasteiger partial charge on any atom is -0.330 e. The van der Waals surface area contributed by atoms with Crippen molar-refractivity contribution in [2.24, 2.45) is 0 Å². The van der Waals surface area contributed by atoms with Crippen LogP contribution in [0.3, 0.4) is 0 Å². The number of imidazole rings is 1. The molecule has 0 unspecified atom stereocenters. The second-order valence-corrected chi connectivity index (χ2v) is 4.55. The molecule has 2 rings (SSSR count). The third-order valence-corrected chi connectivity index (χ3v) is 3.00. The first kappa shape index (κ1) is 11.8. The van der Waals surface area contributed by atoms with Gasteiger partial charge < -0.3 is 4.57 Å². The van der Waals surface area contributed by atoms with Crippen LogP contribution in [0.25, 0.3) is 0 Å². The number of aromatic nitrogens is 2. The van der Waals surface area contributed by atoms with E-state index in [0.717, 1.165) is 5.82 Å². The molecule has 17 heavy (non-hydrogen) atoms. The number of hydrogen-bond acceptors (Lipinski definition) is 3. The molecule has 0 aliphatic rings. The van der Waals surface area contributed by atoms with Gasteiger partial charge in [-0.15, -0.1) is 0 Å². The Hall–Kier alpha value is -1.69.